The molecule has 0 spiro atoms. The molecule has 0 fully saturated rings. The maximum absolute atomic E-state index is 9.01. The van der Waals surface area contributed by atoms with Crippen molar-refractivity contribution in [2.24, 2.45) is 0 Å². The minimum absolute atomic E-state index is 0.647. The average Bonchev–Trinajstić information content (AvgIpc) is 2.33. The van der Waals surface area contributed by atoms with E-state index in [0.29, 0.717) is 18.2 Å². The lowest BCUT2D eigenvalue weighted by Crippen LogP contribution is -2.29. The monoisotopic (exact) mass is 263 g/mol. The summed E-state index contributed by atoms with van der Waals surface area (Å²) in [6.07, 6.45) is 0.909. The molecule has 0 atom stereocenters. The molecule has 1 rings (SSSR count). The molecule has 0 amide bonds. The average molecular weight is 263 g/mol. The Bertz CT molecular complexity index is 453. The third-order valence-corrected chi connectivity index (χ3v) is 2.39. The van der Waals surface area contributed by atoms with Crippen molar-refractivity contribution in [3.8, 4) is 6.07 Å². The van der Waals surface area contributed by atoms with Crippen LogP contribution in [-0.2, 0) is 4.74 Å². The van der Waals surface area contributed by atoms with Crippen molar-refractivity contribution in [1.82, 2.24) is 9.97 Å². The highest BCUT2D eigenvalue weighted by Crippen LogP contribution is 2.15. The van der Waals surface area contributed by atoms with Gasteiger partial charge in [0.05, 0.1) is 6.07 Å². The lowest BCUT2D eigenvalue weighted by atomic mass is 10.1. The van der Waals surface area contributed by atoms with Gasteiger partial charge >= 0.3 is 0 Å². The van der Waals surface area contributed by atoms with Gasteiger partial charge in [0.15, 0.2) is 0 Å². The number of aromatic nitrogens is 2. The van der Waals surface area contributed by atoms with Crippen LogP contribution in [0.3, 0.4) is 0 Å². The van der Waals surface area contributed by atoms with Gasteiger partial charge in [-0.15, -0.1) is 0 Å². The summed E-state index contributed by atoms with van der Waals surface area (Å²) in [6, 6.07) is 3.98. The summed E-state index contributed by atoms with van der Waals surface area (Å²) in [5, 5.41) is 15.3. The van der Waals surface area contributed by atoms with Crippen LogP contribution in [0.15, 0.2) is 6.07 Å². The molecule has 0 saturated heterocycles. The molecule has 1 aromatic rings. The van der Waals surface area contributed by atoms with Crippen molar-refractivity contribution in [2.75, 3.05) is 30.9 Å². The zero-order valence-corrected chi connectivity index (χ0v) is 11.9. The van der Waals surface area contributed by atoms with Gasteiger partial charge in [-0.2, -0.15) is 5.26 Å². The highest BCUT2D eigenvalue weighted by molar-refractivity contribution is 5.49. The second-order valence-corrected chi connectivity index (χ2v) is 4.82. The minimum Gasteiger partial charge on any atom is -0.385 e. The molecular formula is C13H21N5O. The molecule has 0 radical (unpaired) electrons. The van der Waals surface area contributed by atoms with Crippen LogP contribution in [0.2, 0.25) is 0 Å². The number of nitriles is 1. The van der Waals surface area contributed by atoms with Crippen molar-refractivity contribution in [3.63, 3.8) is 0 Å². The predicted molar refractivity (Wildman–Crippen MR) is 75.1 cm³/mol. The number of hydrogen-bond acceptors (Lipinski definition) is 6. The number of rotatable bonds is 7. The fourth-order valence-corrected chi connectivity index (χ4v) is 1.50. The first-order valence-corrected chi connectivity index (χ1v) is 6.25. The third kappa shape index (κ3) is 5.53. The normalized spacial score (nSPS) is 10.9. The quantitative estimate of drug-likeness (QED) is 0.732. The maximum Gasteiger partial charge on any atom is 0.133 e. The van der Waals surface area contributed by atoms with Gasteiger partial charge in [-0.1, -0.05) is 0 Å². The van der Waals surface area contributed by atoms with Crippen LogP contribution in [0, 0.1) is 18.3 Å². The van der Waals surface area contributed by atoms with Gasteiger partial charge in [-0.05, 0) is 27.2 Å². The second-order valence-electron chi connectivity index (χ2n) is 4.82. The zero-order valence-electron chi connectivity index (χ0n) is 11.9. The van der Waals surface area contributed by atoms with Gasteiger partial charge in [0.25, 0.3) is 0 Å². The molecule has 0 aliphatic carbocycles. The van der Waals surface area contributed by atoms with E-state index < -0.39 is 5.54 Å². The Labute approximate surface area is 114 Å². The van der Waals surface area contributed by atoms with E-state index in [0.717, 1.165) is 18.8 Å². The van der Waals surface area contributed by atoms with Crippen LogP contribution >= 0.6 is 0 Å². The van der Waals surface area contributed by atoms with E-state index in [2.05, 4.69) is 26.7 Å². The van der Waals surface area contributed by atoms with Gasteiger partial charge in [0, 0.05) is 26.3 Å². The lowest BCUT2D eigenvalue weighted by Gasteiger charge is -2.19. The highest BCUT2D eigenvalue weighted by Gasteiger charge is 2.17. The molecule has 0 unspecified atom stereocenters. The van der Waals surface area contributed by atoms with Crippen molar-refractivity contribution < 1.29 is 4.74 Å². The second kappa shape index (κ2) is 6.90. The number of anilines is 2. The van der Waals surface area contributed by atoms with Gasteiger partial charge < -0.3 is 15.4 Å². The molecule has 0 aromatic carbocycles. The van der Waals surface area contributed by atoms with E-state index >= 15 is 0 Å². The van der Waals surface area contributed by atoms with Crippen molar-refractivity contribution in [1.29, 1.82) is 5.26 Å². The predicted octanol–water partition coefficient (Wildman–Crippen LogP) is 1.95. The molecule has 1 heterocycles. The molecule has 1 aromatic heterocycles. The number of nitrogens with zero attached hydrogens (tertiary/aromatic N) is 3. The summed E-state index contributed by atoms with van der Waals surface area (Å²) in [7, 11) is 1.68. The Kier molecular flexibility index (Phi) is 5.52. The summed E-state index contributed by atoms with van der Waals surface area (Å²) in [5.41, 5.74) is -0.659. The van der Waals surface area contributed by atoms with Crippen molar-refractivity contribution >= 4 is 11.6 Å². The van der Waals surface area contributed by atoms with E-state index in [9.17, 15) is 0 Å². The summed E-state index contributed by atoms with van der Waals surface area (Å²) in [5.74, 6) is 2.06. The minimum atomic E-state index is -0.659. The largest absolute Gasteiger partial charge is 0.385 e. The first-order chi connectivity index (χ1) is 8.96. The first-order valence-electron chi connectivity index (χ1n) is 6.25. The molecule has 19 heavy (non-hydrogen) atoms. The topological polar surface area (TPSA) is 82.9 Å². The summed E-state index contributed by atoms with van der Waals surface area (Å²) in [4.78, 5) is 8.57. The molecule has 0 aliphatic heterocycles. The van der Waals surface area contributed by atoms with Crippen LogP contribution in [0.5, 0.6) is 0 Å². The molecule has 6 heteroatoms. The number of nitrogens with one attached hydrogen (secondary N) is 2. The SMILES string of the molecule is COCCCNc1cc(NC(C)(C)C#N)nc(C)n1. The smallest absolute Gasteiger partial charge is 0.133 e. The van der Waals surface area contributed by atoms with Crippen LogP contribution < -0.4 is 10.6 Å². The molecule has 2 N–H and O–H groups in total. The van der Waals surface area contributed by atoms with Gasteiger partial charge in [-0.25, -0.2) is 9.97 Å². The summed E-state index contributed by atoms with van der Waals surface area (Å²) >= 11 is 0. The zero-order chi connectivity index (χ0) is 14.3. The van der Waals surface area contributed by atoms with Gasteiger partial charge in [-0.3, -0.25) is 0 Å². The Morgan fingerprint density at radius 2 is 2.05 bits per heavy atom. The van der Waals surface area contributed by atoms with E-state index in [1.807, 2.05) is 6.92 Å². The molecule has 6 nitrogen and oxygen atoms in total. The van der Waals surface area contributed by atoms with Crippen LogP contribution in [0.25, 0.3) is 0 Å². The Balaban J connectivity index is 2.69. The van der Waals surface area contributed by atoms with Gasteiger partial charge in [0.1, 0.15) is 23.0 Å². The Morgan fingerprint density at radius 3 is 2.68 bits per heavy atom. The fraction of sp³-hybridized carbons (Fsp3) is 0.615. The van der Waals surface area contributed by atoms with E-state index in [-0.39, 0.29) is 0 Å². The number of methoxy groups -OCH3 is 1. The third-order valence-electron chi connectivity index (χ3n) is 2.39. The van der Waals surface area contributed by atoms with E-state index in [1.165, 1.54) is 0 Å². The molecular weight excluding hydrogens is 242 g/mol. The molecule has 0 saturated carbocycles. The fourth-order valence-electron chi connectivity index (χ4n) is 1.50. The Hall–Kier alpha value is -1.87. The first kappa shape index (κ1) is 15.2. The molecule has 0 aliphatic rings. The highest BCUT2D eigenvalue weighted by atomic mass is 16.5. The van der Waals surface area contributed by atoms with Crippen LogP contribution in [0.4, 0.5) is 11.6 Å². The molecule has 0 bridgehead atoms. The van der Waals surface area contributed by atoms with E-state index in [4.69, 9.17) is 10.00 Å². The maximum atomic E-state index is 9.01. The van der Waals surface area contributed by atoms with Crippen molar-refractivity contribution in [2.45, 2.75) is 32.7 Å². The summed E-state index contributed by atoms with van der Waals surface area (Å²) < 4.78 is 4.99. The number of aryl methyl sites for hydroxylation is 1. The lowest BCUT2D eigenvalue weighted by molar-refractivity contribution is 0.198. The van der Waals surface area contributed by atoms with Crippen LogP contribution in [-0.4, -0.2) is 35.8 Å². The number of hydrogen-bond donors (Lipinski definition) is 2. The molecule has 104 valence electrons. The van der Waals surface area contributed by atoms with Gasteiger partial charge in [0.2, 0.25) is 0 Å². The summed E-state index contributed by atoms with van der Waals surface area (Å²) in [6.45, 7) is 6.92. The van der Waals surface area contributed by atoms with E-state index in [1.54, 1.807) is 27.0 Å². The van der Waals surface area contributed by atoms with Crippen molar-refractivity contribution in [3.05, 3.63) is 11.9 Å². The standard InChI is InChI=1S/C13H21N5O/c1-10-16-11(15-6-5-7-19-4)8-12(17-10)18-13(2,3)9-14/h8H,5-7H2,1-4H3,(H2,15,16,17,18). The van der Waals surface area contributed by atoms with Crippen LogP contribution in [0.1, 0.15) is 26.1 Å². The Morgan fingerprint density at radius 1 is 1.37 bits per heavy atom. The number of ether oxygens (including phenoxy) is 1.